The molecule has 0 fully saturated rings. The number of hydrogen-bond acceptors (Lipinski definition) is 4. The Kier molecular flexibility index (Phi) is 3.47. The number of hydrogen-bond donors (Lipinski definition) is 3. The van der Waals surface area contributed by atoms with Crippen molar-refractivity contribution in [2.75, 3.05) is 0 Å². The van der Waals surface area contributed by atoms with Crippen LogP contribution in [0.3, 0.4) is 0 Å². The second-order valence-electron chi connectivity index (χ2n) is 3.89. The Morgan fingerprint density at radius 1 is 1.11 bits per heavy atom. The van der Waals surface area contributed by atoms with E-state index in [1.54, 1.807) is 30.3 Å². The third-order valence-corrected chi connectivity index (χ3v) is 2.52. The first-order chi connectivity index (χ1) is 9.08. The second kappa shape index (κ2) is 5.22. The second-order valence-corrected chi connectivity index (χ2v) is 3.89. The fourth-order valence-electron chi connectivity index (χ4n) is 1.56. The van der Waals surface area contributed by atoms with Crippen LogP contribution in [0.25, 0.3) is 0 Å². The number of phenolic OH excluding ortho intramolecular Hbond substituents is 2. The van der Waals surface area contributed by atoms with E-state index in [2.05, 4.69) is 4.99 Å². The SMILES string of the molecule is NC(=O)c1ccccc1N=Cc1ccc(O)c(O)c1. The zero-order valence-corrected chi connectivity index (χ0v) is 9.95. The lowest BCUT2D eigenvalue weighted by atomic mass is 10.1. The van der Waals surface area contributed by atoms with Crippen molar-refractivity contribution in [2.24, 2.45) is 10.7 Å². The molecule has 0 aliphatic rings. The van der Waals surface area contributed by atoms with Gasteiger partial charge in [0.1, 0.15) is 0 Å². The van der Waals surface area contributed by atoms with Crippen LogP contribution in [0.15, 0.2) is 47.5 Å². The van der Waals surface area contributed by atoms with E-state index >= 15 is 0 Å². The summed E-state index contributed by atoms with van der Waals surface area (Å²) in [5, 5.41) is 18.5. The standard InChI is InChI=1S/C14H12N2O3/c15-14(19)10-3-1-2-4-11(10)16-8-9-5-6-12(17)13(18)7-9/h1-8,17-18H,(H2,15,19). The van der Waals surface area contributed by atoms with Crippen molar-refractivity contribution >= 4 is 17.8 Å². The number of para-hydroxylation sites is 1. The summed E-state index contributed by atoms with van der Waals surface area (Å²) in [6.07, 6.45) is 1.47. The number of benzene rings is 2. The average Bonchev–Trinajstić information content (AvgIpc) is 2.40. The van der Waals surface area contributed by atoms with Crippen molar-refractivity contribution in [1.29, 1.82) is 0 Å². The molecule has 0 radical (unpaired) electrons. The van der Waals surface area contributed by atoms with Crippen LogP contribution in [-0.4, -0.2) is 22.3 Å². The van der Waals surface area contributed by atoms with Crippen LogP contribution in [0.4, 0.5) is 5.69 Å². The average molecular weight is 256 g/mol. The molecule has 0 unspecified atom stereocenters. The van der Waals surface area contributed by atoms with E-state index in [0.717, 1.165) is 0 Å². The maximum absolute atomic E-state index is 11.2. The van der Waals surface area contributed by atoms with Gasteiger partial charge in [0.2, 0.25) is 0 Å². The molecule has 0 spiro atoms. The van der Waals surface area contributed by atoms with Crippen molar-refractivity contribution in [3.8, 4) is 11.5 Å². The molecular weight excluding hydrogens is 244 g/mol. The number of carbonyl (C=O) groups excluding carboxylic acids is 1. The molecule has 2 aromatic carbocycles. The summed E-state index contributed by atoms with van der Waals surface area (Å²) < 4.78 is 0. The van der Waals surface area contributed by atoms with Gasteiger partial charge in [-0.15, -0.1) is 0 Å². The maximum Gasteiger partial charge on any atom is 0.250 e. The number of rotatable bonds is 3. The van der Waals surface area contributed by atoms with Gasteiger partial charge in [-0.3, -0.25) is 9.79 Å². The molecule has 4 N–H and O–H groups in total. The number of amides is 1. The van der Waals surface area contributed by atoms with Crippen molar-refractivity contribution in [3.63, 3.8) is 0 Å². The minimum Gasteiger partial charge on any atom is -0.504 e. The normalized spacial score (nSPS) is 10.7. The molecule has 0 atom stereocenters. The third kappa shape index (κ3) is 2.90. The summed E-state index contributed by atoms with van der Waals surface area (Å²) in [5.41, 5.74) is 6.60. The quantitative estimate of drug-likeness (QED) is 0.578. The van der Waals surface area contributed by atoms with E-state index < -0.39 is 5.91 Å². The largest absolute Gasteiger partial charge is 0.504 e. The van der Waals surface area contributed by atoms with Crippen molar-refractivity contribution in [1.82, 2.24) is 0 Å². The smallest absolute Gasteiger partial charge is 0.250 e. The van der Waals surface area contributed by atoms with E-state index in [1.807, 2.05) is 0 Å². The van der Waals surface area contributed by atoms with Crippen LogP contribution < -0.4 is 5.73 Å². The minimum absolute atomic E-state index is 0.199. The number of nitrogens with two attached hydrogens (primary N) is 1. The molecule has 0 aliphatic heterocycles. The van der Waals surface area contributed by atoms with Gasteiger partial charge in [-0.1, -0.05) is 12.1 Å². The first-order valence-corrected chi connectivity index (χ1v) is 5.53. The Labute approximate surface area is 109 Å². The molecule has 0 heterocycles. The summed E-state index contributed by atoms with van der Waals surface area (Å²) in [7, 11) is 0. The molecule has 19 heavy (non-hydrogen) atoms. The predicted molar refractivity (Wildman–Crippen MR) is 72.0 cm³/mol. The van der Waals surface area contributed by atoms with Gasteiger partial charge in [-0.05, 0) is 35.9 Å². The predicted octanol–water partition coefficient (Wildman–Crippen LogP) is 1.95. The molecule has 0 saturated heterocycles. The van der Waals surface area contributed by atoms with E-state index in [1.165, 1.54) is 18.3 Å². The highest BCUT2D eigenvalue weighted by Gasteiger charge is 2.05. The van der Waals surface area contributed by atoms with Gasteiger partial charge in [0.05, 0.1) is 11.3 Å². The Balaban J connectivity index is 2.32. The number of phenols is 2. The fraction of sp³-hybridized carbons (Fsp3) is 0. The third-order valence-electron chi connectivity index (χ3n) is 2.52. The number of primary amides is 1. The lowest BCUT2D eigenvalue weighted by Gasteiger charge is -2.01. The Bertz CT molecular complexity index is 651. The van der Waals surface area contributed by atoms with E-state index in [-0.39, 0.29) is 11.5 Å². The minimum atomic E-state index is -0.554. The van der Waals surface area contributed by atoms with Crippen LogP contribution in [0, 0.1) is 0 Å². The molecular formula is C14H12N2O3. The molecule has 0 saturated carbocycles. The highest BCUT2D eigenvalue weighted by atomic mass is 16.3. The molecule has 2 aromatic rings. The van der Waals surface area contributed by atoms with Crippen molar-refractivity contribution in [2.45, 2.75) is 0 Å². The van der Waals surface area contributed by atoms with E-state index in [4.69, 9.17) is 5.73 Å². The molecule has 2 rings (SSSR count). The van der Waals surface area contributed by atoms with Crippen LogP contribution >= 0.6 is 0 Å². The summed E-state index contributed by atoms with van der Waals surface area (Å²) in [5.74, 6) is -0.983. The lowest BCUT2D eigenvalue weighted by Crippen LogP contribution is -2.10. The van der Waals surface area contributed by atoms with Gasteiger partial charge in [0, 0.05) is 6.21 Å². The highest BCUT2D eigenvalue weighted by molar-refractivity contribution is 5.98. The molecule has 5 nitrogen and oxygen atoms in total. The zero-order chi connectivity index (χ0) is 13.8. The monoisotopic (exact) mass is 256 g/mol. The van der Waals surface area contributed by atoms with Gasteiger partial charge in [0.25, 0.3) is 5.91 Å². The highest BCUT2D eigenvalue weighted by Crippen LogP contribution is 2.24. The molecule has 0 aliphatic carbocycles. The number of carbonyl (C=O) groups is 1. The summed E-state index contributed by atoms with van der Waals surface area (Å²) in [6.45, 7) is 0. The molecule has 0 aromatic heterocycles. The van der Waals surface area contributed by atoms with Crippen LogP contribution in [0.5, 0.6) is 11.5 Å². The first-order valence-electron chi connectivity index (χ1n) is 5.53. The topological polar surface area (TPSA) is 95.9 Å². The Morgan fingerprint density at radius 3 is 2.53 bits per heavy atom. The number of nitrogens with zero attached hydrogens (tertiary/aromatic N) is 1. The Morgan fingerprint density at radius 2 is 1.84 bits per heavy atom. The molecule has 1 amide bonds. The number of aromatic hydroxyl groups is 2. The molecule has 96 valence electrons. The summed E-state index contributed by atoms with van der Waals surface area (Å²) in [6, 6.07) is 11.0. The van der Waals surface area contributed by atoms with Gasteiger partial charge in [-0.2, -0.15) is 0 Å². The van der Waals surface area contributed by atoms with Crippen LogP contribution in [-0.2, 0) is 0 Å². The van der Waals surface area contributed by atoms with Gasteiger partial charge >= 0.3 is 0 Å². The van der Waals surface area contributed by atoms with E-state index in [9.17, 15) is 15.0 Å². The van der Waals surface area contributed by atoms with E-state index in [0.29, 0.717) is 16.8 Å². The number of aliphatic imine (C=N–C) groups is 1. The summed E-state index contributed by atoms with van der Waals surface area (Å²) in [4.78, 5) is 15.4. The van der Waals surface area contributed by atoms with Gasteiger partial charge in [-0.25, -0.2) is 0 Å². The lowest BCUT2D eigenvalue weighted by molar-refractivity contribution is 0.100. The van der Waals surface area contributed by atoms with Gasteiger partial charge < -0.3 is 15.9 Å². The molecule has 0 bridgehead atoms. The molecule has 5 heteroatoms. The van der Waals surface area contributed by atoms with Crippen molar-refractivity contribution in [3.05, 3.63) is 53.6 Å². The van der Waals surface area contributed by atoms with Gasteiger partial charge in [0.15, 0.2) is 11.5 Å². The fourth-order valence-corrected chi connectivity index (χ4v) is 1.56. The van der Waals surface area contributed by atoms with Crippen LogP contribution in [0.2, 0.25) is 0 Å². The maximum atomic E-state index is 11.2. The first kappa shape index (κ1) is 12.6. The summed E-state index contributed by atoms with van der Waals surface area (Å²) >= 11 is 0. The van der Waals surface area contributed by atoms with Crippen molar-refractivity contribution < 1.29 is 15.0 Å². The Hall–Kier alpha value is -2.82. The zero-order valence-electron chi connectivity index (χ0n) is 9.95. The van der Waals surface area contributed by atoms with Crippen LogP contribution in [0.1, 0.15) is 15.9 Å².